The highest BCUT2D eigenvalue weighted by Crippen LogP contribution is 2.48. The van der Waals surface area contributed by atoms with Gasteiger partial charge in [0.2, 0.25) is 0 Å². The Morgan fingerprint density at radius 2 is 2.04 bits per heavy atom. The summed E-state index contributed by atoms with van der Waals surface area (Å²) in [5, 5.41) is 32.0. The lowest BCUT2D eigenvalue weighted by atomic mass is 9.82. The Hall–Kier alpha value is -1.25. The van der Waals surface area contributed by atoms with Gasteiger partial charge in [0.1, 0.15) is 11.4 Å². The summed E-state index contributed by atoms with van der Waals surface area (Å²) in [7, 11) is 1.44. The van der Waals surface area contributed by atoms with Crippen LogP contribution >= 0.6 is 0 Å². The minimum Gasteiger partial charge on any atom is -0.423 e. The molecule has 0 saturated carbocycles. The maximum absolute atomic E-state index is 12.1. The van der Waals surface area contributed by atoms with Gasteiger partial charge in [-0.05, 0) is 26.3 Å². The van der Waals surface area contributed by atoms with Crippen LogP contribution in [0, 0.1) is 0 Å². The molecule has 0 radical (unpaired) electrons. The largest absolute Gasteiger partial charge is 0.423 e. The number of hydrogen-bond acceptors (Lipinski definition) is 7. The molecule has 3 N–H and O–H groups in total. The highest BCUT2D eigenvalue weighted by molar-refractivity contribution is 5.95. The quantitative estimate of drug-likeness (QED) is 0.620. The maximum Gasteiger partial charge on any atom is 0.342 e. The number of aliphatic hydroxyl groups is 3. The summed E-state index contributed by atoms with van der Waals surface area (Å²) in [6, 6.07) is 0. The zero-order valence-electron chi connectivity index (χ0n) is 13.5. The predicted octanol–water partition coefficient (Wildman–Crippen LogP) is 0.143. The van der Waals surface area contributed by atoms with E-state index in [0.717, 1.165) is 0 Å². The molecule has 0 unspecified atom stereocenters. The number of esters is 1. The van der Waals surface area contributed by atoms with Crippen LogP contribution in [-0.4, -0.2) is 58.1 Å². The summed E-state index contributed by atoms with van der Waals surface area (Å²) < 4.78 is 16.0. The molecular formula is C16H22O7. The van der Waals surface area contributed by atoms with Crippen LogP contribution in [0.2, 0.25) is 0 Å². The zero-order valence-corrected chi connectivity index (χ0v) is 13.5. The van der Waals surface area contributed by atoms with Gasteiger partial charge in [-0.2, -0.15) is 0 Å². The molecule has 7 heteroatoms. The number of aliphatic hydroxyl groups excluding tert-OH is 1. The molecule has 0 amide bonds. The lowest BCUT2D eigenvalue weighted by Gasteiger charge is -2.39. The summed E-state index contributed by atoms with van der Waals surface area (Å²) in [6.07, 6.45) is 0.861. The van der Waals surface area contributed by atoms with Gasteiger partial charge >= 0.3 is 5.97 Å². The monoisotopic (exact) mass is 326 g/mol. The van der Waals surface area contributed by atoms with Gasteiger partial charge in [0.15, 0.2) is 5.79 Å². The molecule has 0 aliphatic carbocycles. The van der Waals surface area contributed by atoms with E-state index in [-0.39, 0.29) is 36.4 Å². The van der Waals surface area contributed by atoms with Gasteiger partial charge in [-0.3, -0.25) is 0 Å². The Kier molecular flexibility index (Phi) is 3.70. The van der Waals surface area contributed by atoms with E-state index < -0.39 is 29.1 Å². The summed E-state index contributed by atoms with van der Waals surface area (Å²) in [5.74, 6) is -2.15. The van der Waals surface area contributed by atoms with Crippen molar-refractivity contribution < 1.29 is 34.3 Å². The molecule has 2 bridgehead atoms. The highest BCUT2D eigenvalue weighted by atomic mass is 16.7. The molecule has 0 aromatic heterocycles. The second-order valence-corrected chi connectivity index (χ2v) is 6.92. The SMILES string of the molecule is COCC1=C2C(=C[C@]3(C)CC[C@@](O)(O3)[C@@](C)(O)C[C@@H]2O)OC1=O. The normalized spacial score (nSPS) is 43.5. The van der Waals surface area contributed by atoms with Gasteiger partial charge in [0.05, 0.1) is 23.9 Å². The molecule has 3 aliphatic heterocycles. The highest BCUT2D eigenvalue weighted by Gasteiger charge is 2.58. The molecule has 3 aliphatic rings. The van der Waals surface area contributed by atoms with Crippen molar-refractivity contribution in [3.8, 4) is 0 Å². The molecule has 0 spiro atoms. The number of fused-ring (bicyclic) bond motifs is 3. The van der Waals surface area contributed by atoms with Crippen LogP contribution in [-0.2, 0) is 19.0 Å². The van der Waals surface area contributed by atoms with Crippen molar-refractivity contribution in [2.24, 2.45) is 0 Å². The standard InChI is InChI=1S/C16H22O7/c1-14-4-5-16(20,23-14)15(2,19)6-10(17)12-9(8-21-3)13(18)22-11(12)7-14/h7,10,17,19-20H,4-6,8H2,1-3H3/t10-,14-,15-,16+/m0/s1. The van der Waals surface area contributed by atoms with E-state index in [1.807, 2.05) is 0 Å². The minimum atomic E-state index is -1.77. The van der Waals surface area contributed by atoms with Gasteiger partial charge in [0.25, 0.3) is 0 Å². The second kappa shape index (κ2) is 5.12. The Balaban J connectivity index is 2.14. The molecule has 1 fully saturated rings. The first-order valence-corrected chi connectivity index (χ1v) is 7.61. The van der Waals surface area contributed by atoms with E-state index in [1.54, 1.807) is 13.0 Å². The average molecular weight is 326 g/mol. The summed E-state index contributed by atoms with van der Waals surface area (Å²) in [5.41, 5.74) is -2.09. The summed E-state index contributed by atoms with van der Waals surface area (Å²) in [6.45, 7) is 3.15. The van der Waals surface area contributed by atoms with Crippen LogP contribution in [0.3, 0.4) is 0 Å². The fourth-order valence-electron chi connectivity index (χ4n) is 3.53. The van der Waals surface area contributed by atoms with Crippen molar-refractivity contribution in [1.82, 2.24) is 0 Å². The zero-order chi connectivity index (χ0) is 17.0. The molecule has 128 valence electrons. The third kappa shape index (κ3) is 2.53. The van der Waals surface area contributed by atoms with Gasteiger partial charge in [0, 0.05) is 25.5 Å². The number of hydrogen-bond donors (Lipinski definition) is 3. The number of carbonyl (C=O) groups is 1. The van der Waals surface area contributed by atoms with Gasteiger partial charge in [-0.1, -0.05) is 0 Å². The molecule has 4 atom stereocenters. The van der Waals surface area contributed by atoms with Crippen LogP contribution < -0.4 is 0 Å². The Morgan fingerprint density at radius 3 is 2.70 bits per heavy atom. The van der Waals surface area contributed by atoms with E-state index in [4.69, 9.17) is 14.2 Å². The summed E-state index contributed by atoms with van der Waals surface area (Å²) in [4.78, 5) is 12.1. The fourth-order valence-corrected chi connectivity index (χ4v) is 3.53. The van der Waals surface area contributed by atoms with Crippen molar-refractivity contribution in [1.29, 1.82) is 0 Å². The second-order valence-electron chi connectivity index (χ2n) is 6.92. The van der Waals surface area contributed by atoms with Crippen molar-refractivity contribution in [3.63, 3.8) is 0 Å². The molecule has 3 heterocycles. The Bertz CT molecular complexity index is 606. The van der Waals surface area contributed by atoms with E-state index >= 15 is 0 Å². The van der Waals surface area contributed by atoms with Gasteiger partial charge in [-0.15, -0.1) is 0 Å². The number of methoxy groups -OCH3 is 1. The third-order valence-electron chi connectivity index (χ3n) is 4.89. The Morgan fingerprint density at radius 1 is 1.35 bits per heavy atom. The average Bonchev–Trinajstić information content (AvgIpc) is 2.89. The van der Waals surface area contributed by atoms with Crippen LogP contribution in [0.4, 0.5) is 0 Å². The van der Waals surface area contributed by atoms with Crippen LogP contribution in [0.15, 0.2) is 23.0 Å². The van der Waals surface area contributed by atoms with Crippen LogP contribution in [0.25, 0.3) is 0 Å². The third-order valence-corrected chi connectivity index (χ3v) is 4.89. The van der Waals surface area contributed by atoms with Crippen LogP contribution in [0.5, 0.6) is 0 Å². The number of ether oxygens (including phenoxy) is 3. The fraction of sp³-hybridized carbons (Fsp3) is 0.688. The van der Waals surface area contributed by atoms with E-state index in [0.29, 0.717) is 6.42 Å². The topological polar surface area (TPSA) is 105 Å². The smallest absolute Gasteiger partial charge is 0.342 e. The maximum atomic E-state index is 12.1. The van der Waals surface area contributed by atoms with Crippen molar-refractivity contribution in [2.75, 3.05) is 13.7 Å². The molecule has 3 rings (SSSR count). The van der Waals surface area contributed by atoms with E-state index in [9.17, 15) is 20.1 Å². The van der Waals surface area contributed by atoms with Crippen molar-refractivity contribution in [3.05, 3.63) is 23.0 Å². The number of rotatable bonds is 2. The first kappa shape index (κ1) is 16.6. The van der Waals surface area contributed by atoms with Crippen molar-refractivity contribution in [2.45, 2.75) is 56.2 Å². The van der Waals surface area contributed by atoms with Crippen molar-refractivity contribution >= 4 is 5.97 Å². The van der Waals surface area contributed by atoms with Gasteiger partial charge in [-0.25, -0.2) is 4.79 Å². The predicted molar refractivity (Wildman–Crippen MR) is 78.0 cm³/mol. The van der Waals surface area contributed by atoms with Crippen LogP contribution in [0.1, 0.15) is 33.1 Å². The molecular weight excluding hydrogens is 304 g/mol. The van der Waals surface area contributed by atoms with E-state index in [1.165, 1.54) is 14.0 Å². The number of carbonyl (C=O) groups excluding carboxylic acids is 1. The lowest BCUT2D eigenvalue weighted by molar-refractivity contribution is -0.297. The molecule has 23 heavy (non-hydrogen) atoms. The first-order valence-electron chi connectivity index (χ1n) is 7.61. The minimum absolute atomic E-state index is 0.00739. The molecule has 0 aromatic rings. The van der Waals surface area contributed by atoms with Gasteiger partial charge < -0.3 is 29.5 Å². The first-order chi connectivity index (χ1) is 10.6. The molecule has 7 nitrogen and oxygen atoms in total. The lowest BCUT2D eigenvalue weighted by Crippen LogP contribution is -2.54. The molecule has 0 aromatic carbocycles. The summed E-state index contributed by atoms with van der Waals surface area (Å²) >= 11 is 0. The van der Waals surface area contributed by atoms with E-state index in [2.05, 4.69) is 0 Å². The Labute approximate surface area is 134 Å². The molecule has 1 saturated heterocycles.